The van der Waals surface area contributed by atoms with Crippen molar-refractivity contribution in [1.82, 2.24) is 19.8 Å². The van der Waals surface area contributed by atoms with Crippen molar-refractivity contribution in [3.05, 3.63) is 59.2 Å². The Balaban J connectivity index is 1.39. The second-order valence-electron chi connectivity index (χ2n) is 7.72. The smallest absolute Gasteiger partial charge is 0.236 e. The second kappa shape index (κ2) is 8.19. The van der Waals surface area contributed by atoms with Gasteiger partial charge in [0.1, 0.15) is 6.33 Å². The van der Waals surface area contributed by atoms with E-state index in [1.165, 1.54) is 5.56 Å². The molecule has 1 atom stereocenters. The van der Waals surface area contributed by atoms with Crippen LogP contribution in [0.5, 0.6) is 0 Å². The Morgan fingerprint density at radius 3 is 2.96 bits per heavy atom. The van der Waals surface area contributed by atoms with Crippen molar-refractivity contribution in [3.63, 3.8) is 0 Å². The average molecular weight is 378 g/mol. The van der Waals surface area contributed by atoms with Gasteiger partial charge in [0.05, 0.1) is 12.2 Å². The highest BCUT2D eigenvalue weighted by Crippen LogP contribution is 2.28. The third kappa shape index (κ3) is 3.97. The van der Waals surface area contributed by atoms with Gasteiger partial charge in [-0.25, -0.2) is 9.97 Å². The minimum absolute atomic E-state index is 0.169. The third-order valence-electron chi connectivity index (χ3n) is 5.78. The lowest BCUT2D eigenvalue weighted by Gasteiger charge is -2.34. The van der Waals surface area contributed by atoms with Crippen LogP contribution >= 0.6 is 0 Å². The summed E-state index contributed by atoms with van der Waals surface area (Å²) in [5.41, 5.74) is 4.08. The maximum absolute atomic E-state index is 12.9. The number of ketones is 1. The number of piperidine rings is 1. The molecule has 146 valence electrons. The summed E-state index contributed by atoms with van der Waals surface area (Å²) in [5.74, 6) is 0.637. The van der Waals surface area contributed by atoms with Crippen LogP contribution in [0.1, 0.15) is 59.3 Å². The summed E-state index contributed by atoms with van der Waals surface area (Å²) in [7, 11) is 0. The molecule has 6 heteroatoms. The highest BCUT2D eigenvalue weighted by atomic mass is 16.2. The highest BCUT2D eigenvalue weighted by Gasteiger charge is 2.28. The number of amides is 1. The molecule has 6 nitrogen and oxygen atoms in total. The maximum atomic E-state index is 12.9. The molecule has 0 spiro atoms. The van der Waals surface area contributed by atoms with Crippen LogP contribution in [-0.4, -0.2) is 51.1 Å². The summed E-state index contributed by atoms with van der Waals surface area (Å²) in [4.78, 5) is 37.4. The predicted molar refractivity (Wildman–Crippen MR) is 106 cm³/mol. The molecule has 2 aliphatic rings. The predicted octanol–water partition coefficient (Wildman–Crippen LogP) is 2.79. The fraction of sp³-hybridized carbons (Fsp3) is 0.455. The van der Waals surface area contributed by atoms with Crippen molar-refractivity contribution in [2.24, 2.45) is 0 Å². The fourth-order valence-corrected chi connectivity index (χ4v) is 4.22. The highest BCUT2D eigenvalue weighted by molar-refractivity contribution is 5.96. The molecule has 1 unspecified atom stereocenters. The molecule has 1 fully saturated rings. The van der Waals surface area contributed by atoms with Gasteiger partial charge in [-0.2, -0.15) is 0 Å². The van der Waals surface area contributed by atoms with Gasteiger partial charge in [0.15, 0.2) is 5.78 Å². The first-order valence-corrected chi connectivity index (χ1v) is 10.0. The number of aromatic nitrogens is 2. The lowest BCUT2D eigenvalue weighted by Crippen LogP contribution is -2.43. The molecule has 1 aromatic carbocycles. The number of nitrogens with zero attached hydrogens (tertiary/aromatic N) is 4. The molecule has 1 aromatic heterocycles. The van der Waals surface area contributed by atoms with Crippen molar-refractivity contribution in [2.75, 3.05) is 19.6 Å². The number of fused-ring (bicyclic) bond motifs is 1. The first-order chi connectivity index (χ1) is 13.6. The van der Waals surface area contributed by atoms with E-state index in [9.17, 15) is 9.59 Å². The normalized spacial score (nSPS) is 19.5. The Bertz CT molecular complexity index is 857. The zero-order valence-corrected chi connectivity index (χ0v) is 16.3. The van der Waals surface area contributed by atoms with Gasteiger partial charge in [-0.3, -0.25) is 14.5 Å². The van der Waals surface area contributed by atoms with Crippen LogP contribution in [0.15, 0.2) is 36.8 Å². The summed E-state index contributed by atoms with van der Waals surface area (Å²) in [6.45, 7) is 5.28. The fourth-order valence-electron chi connectivity index (χ4n) is 4.22. The molecule has 4 rings (SSSR count). The first-order valence-electron chi connectivity index (χ1n) is 10.0. The molecule has 0 aliphatic carbocycles. The Morgan fingerprint density at radius 1 is 1.25 bits per heavy atom. The van der Waals surface area contributed by atoms with E-state index in [-0.39, 0.29) is 11.7 Å². The lowest BCUT2D eigenvalue weighted by molar-refractivity contribution is -0.133. The van der Waals surface area contributed by atoms with Crippen molar-refractivity contribution < 1.29 is 9.59 Å². The van der Waals surface area contributed by atoms with Crippen molar-refractivity contribution in [1.29, 1.82) is 0 Å². The monoisotopic (exact) mass is 378 g/mol. The van der Waals surface area contributed by atoms with Crippen LogP contribution in [0.25, 0.3) is 0 Å². The molecular formula is C22H26N4O2. The van der Waals surface area contributed by atoms with Crippen LogP contribution < -0.4 is 0 Å². The number of Topliss-reactive ketones (excluding diaryl/α,β-unsaturated/α-hetero) is 1. The Labute approximate surface area is 165 Å². The summed E-state index contributed by atoms with van der Waals surface area (Å²) < 4.78 is 0. The minimum Gasteiger partial charge on any atom is -0.341 e. The lowest BCUT2D eigenvalue weighted by atomic mass is 9.89. The van der Waals surface area contributed by atoms with Gasteiger partial charge in [0.25, 0.3) is 0 Å². The summed E-state index contributed by atoms with van der Waals surface area (Å²) in [5, 5.41) is 0. The van der Waals surface area contributed by atoms with E-state index < -0.39 is 0 Å². The second-order valence-corrected chi connectivity index (χ2v) is 7.72. The van der Waals surface area contributed by atoms with Gasteiger partial charge >= 0.3 is 0 Å². The Morgan fingerprint density at radius 2 is 2.14 bits per heavy atom. The number of rotatable bonds is 5. The number of carbonyl (C=O) groups excluding carboxylic acids is 2. The molecule has 3 heterocycles. The van der Waals surface area contributed by atoms with E-state index in [0.717, 1.165) is 49.3 Å². The van der Waals surface area contributed by atoms with Gasteiger partial charge in [0, 0.05) is 55.8 Å². The number of hydrogen-bond acceptors (Lipinski definition) is 5. The maximum Gasteiger partial charge on any atom is 0.236 e. The number of benzene rings is 1. The standard InChI is InChI=1S/C22H26N4O2/c1-2-21(27)17-6-3-5-16(9-17)18-7-4-8-26(12-18)22(28)14-25-11-19-10-23-15-24-20(19)13-25/h3,5-6,9-10,15,18H,2,4,7-8,11-14H2,1H3. The molecule has 1 saturated heterocycles. The molecule has 0 N–H and O–H groups in total. The van der Waals surface area contributed by atoms with Crippen LogP contribution in [0.3, 0.4) is 0 Å². The van der Waals surface area contributed by atoms with Crippen LogP contribution in [0.2, 0.25) is 0 Å². The van der Waals surface area contributed by atoms with E-state index >= 15 is 0 Å². The van der Waals surface area contributed by atoms with Gasteiger partial charge in [-0.15, -0.1) is 0 Å². The van der Waals surface area contributed by atoms with E-state index in [1.54, 1.807) is 6.33 Å². The molecule has 1 amide bonds. The number of carbonyl (C=O) groups is 2. The zero-order valence-electron chi connectivity index (χ0n) is 16.3. The molecule has 2 aliphatic heterocycles. The zero-order chi connectivity index (χ0) is 19.5. The number of hydrogen-bond donors (Lipinski definition) is 0. The van der Waals surface area contributed by atoms with Crippen LogP contribution in [0, 0.1) is 0 Å². The van der Waals surface area contributed by atoms with E-state index in [0.29, 0.717) is 25.4 Å². The molecule has 0 saturated carbocycles. The SMILES string of the molecule is CCC(=O)c1cccc(C2CCCN(C(=O)CN3Cc4cncnc4C3)C2)c1. The summed E-state index contributed by atoms with van der Waals surface area (Å²) >= 11 is 0. The van der Waals surface area contributed by atoms with Crippen molar-refractivity contribution in [3.8, 4) is 0 Å². The van der Waals surface area contributed by atoms with Gasteiger partial charge in [-0.05, 0) is 24.5 Å². The topological polar surface area (TPSA) is 66.4 Å². The van der Waals surface area contributed by atoms with E-state index in [2.05, 4.69) is 20.9 Å². The number of likely N-dealkylation sites (tertiary alicyclic amines) is 1. The molecule has 2 aromatic rings. The van der Waals surface area contributed by atoms with E-state index in [4.69, 9.17) is 0 Å². The first kappa shape index (κ1) is 18.7. The van der Waals surface area contributed by atoms with Crippen LogP contribution in [0.4, 0.5) is 0 Å². The van der Waals surface area contributed by atoms with Gasteiger partial charge in [-0.1, -0.05) is 25.1 Å². The van der Waals surface area contributed by atoms with Crippen molar-refractivity contribution in [2.45, 2.75) is 45.2 Å². The Kier molecular flexibility index (Phi) is 5.48. The molecule has 0 radical (unpaired) electrons. The largest absolute Gasteiger partial charge is 0.341 e. The van der Waals surface area contributed by atoms with Crippen molar-refractivity contribution >= 4 is 11.7 Å². The summed E-state index contributed by atoms with van der Waals surface area (Å²) in [6.07, 6.45) is 5.97. The average Bonchev–Trinajstić information content (AvgIpc) is 3.15. The molecule has 28 heavy (non-hydrogen) atoms. The molecular weight excluding hydrogens is 352 g/mol. The molecule has 0 bridgehead atoms. The minimum atomic E-state index is 0.169. The van der Waals surface area contributed by atoms with Crippen LogP contribution in [-0.2, 0) is 17.9 Å². The summed E-state index contributed by atoms with van der Waals surface area (Å²) in [6, 6.07) is 7.94. The van der Waals surface area contributed by atoms with Gasteiger partial charge < -0.3 is 4.90 Å². The Hall–Kier alpha value is -2.60. The van der Waals surface area contributed by atoms with E-state index in [1.807, 2.05) is 36.2 Å². The van der Waals surface area contributed by atoms with Gasteiger partial charge in [0.2, 0.25) is 5.91 Å². The quantitative estimate of drug-likeness (QED) is 0.749. The third-order valence-corrected chi connectivity index (χ3v) is 5.78.